The van der Waals surface area contributed by atoms with Gasteiger partial charge in [0.15, 0.2) is 5.82 Å². The van der Waals surface area contributed by atoms with Crippen LogP contribution in [0.2, 0.25) is 10.0 Å². The van der Waals surface area contributed by atoms with Crippen LogP contribution < -0.4 is 11.1 Å². The molecule has 5 N–H and O–H groups in total. The van der Waals surface area contributed by atoms with E-state index in [1.54, 1.807) is 18.2 Å². The molecule has 1 unspecified atom stereocenters. The van der Waals surface area contributed by atoms with Crippen molar-refractivity contribution in [3.05, 3.63) is 39.6 Å². The van der Waals surface area contributed by atoms with E-state index < -0.39 is 13.4 Å². The minimum atomic E-state index is -1.75. The van der Waals surface area contributed by atoms with Gasteiger partial charge in [0, 0.05) is 23.2 Å². The number of tetrazole rings is 1. The van der Waals surface area contributed by atoms with Crippen molar-refractivity contribution in [1.29, 1.82) is 0 Å². The molecule has 2 rings (SSSR count). The Morgan fingerprint density at radius 2 is 2.07 bits per heavy atom. The van der Waals surface area contributed by atoms with Crippen LogP contribution in [0.5, 0.6) is 0 Å². The van der Waals surface area contributed by atoms with Gasteiger partial charge in [-0.2, -0.15) is 0 Å². The van der Waals surface area contributed by atoms with Crippen molar-refractivity contribution in [2.75, 3.05) is 6.61 Å². The van der Waals surface area contributed by atoms with Gasteiger partial charge in [-0.1, -0.05) is 42.1 Å². The first kappa shape index (κ1) is 26.6. The second kappa shape index (κ2) is 13.8. The monoisotopic (exact) mass is 480 g/mol. The van der Waals surface area contributed by atoms with Crippen LogP contribution in [0.1, 0.15) is 43.1 Å². The summed E-state index contributed by atoms with van der Waals surface area (Å²) in [5, 5.41) is 32.3. The molecule has 1 heterocycles. The highest BCUT2D eigenvalue weighted by Gasteiger charge is 2.17. The van der Waals surface area contributed by atoms with E-state index in [0.717, 1.165) is 18.4 Å². The zero-order valence-corrected chi connectivity index (χ0v) is 18.4. The zero-order valence-electron chi connectivity index (χ0n) is 16.1. The molecule has 0 aliphatic rings. The van der Waals surface area contributed by atoms with Gasteiger partial charge in [0.2, 0.25) is 5.91 Å². The lowest BCUT2D eigenvalue weighted by atomic mass is 10.1. The summed E-state index contributed by atoms with van der Waals surface area (Å²) >= 11 is 12.0. The van der Waals surface area contributed by atoms with Gasteiger partial charge >= 0.3 is 7.32 Å². The first-order chi connectivity index (χ1) is 13.9. The summed E-state index contributed by atoms with van der Waals surface area (Å²) in [5.41, 5.74) is 6.89. The highest BCUT2D eigenvalue weighted by molar-refractivity contribution is 6.35. The number of nitrogens with two attached hydrogens (primary N) is 1. The maximum atomic E-state index is 12.2. The Bertz CT molecular complexity index is 798. The summed E-state index contributed by atoms with van der Waals surface area (Å²) < 4.78 is 6.01. The molecule has 1 aromatic carbocycles. The number of carbonyl (C=O) groups excluding carboxylic acids is 1. The molecule has 0 aliphatic carbocycles. The first-order valence-electron chi connectivity index (χ1n) is 9.07. The van der Waals surface area contributed by atoms with Gasteiger partial charge in [-0.05, 0) is 41.0 Å². The van der Waals surface area contributed by atoms with Crippen molar-refractivity contribution in [3.63, 3.8) is 0 Å². The van der Waals surface area contributed by atoms with Gasteiger partial charge < -0.3 is 25.8 Å². The Hall–Kier alpha value is -1.47. The van der Waals surface area contributed by atoms with Gasteiger partial charge in [0.05, 0.1) is 6.04 Å². The van der Waals surface area contributed by atoms with Gasteiger partial charge in [0.1, 0.15) is 6.54 Å². The van der Waals surface area contributed by atoms with Crippen molar-refractivity contribution >= 4 is 48.8 Å². The molecule has 1 amide bonds. The van der Waals surface area contributed by atoms with Gasteiger partial charge in [-0.25, -0.2) is 4.68 Å². The summed E-state index contributed by atoms with van der Waals surface area (Å²) in [6.07, 6.45) is 2.86. The molecular weight excluding hydrogens is 457 g/mol. The van der Waals surface area contributed by atoms with Gasteiger partial charge in [-0.3, -0.25) is 4.79 Å². The van der Waals surface area contributed by atoms with Crippen molar-refractivity contribution in [2.45, 2.75) is 44.8 Å². The Labute approximate surface area is 190 Å². The topological polar surface area (TPSA) is 148 Å². The van der Waals surface area contributed by atoms with E-state index in [2.05, 4.69) is 25.5 Å². The number of benzene rings is 1. The maximum absolute atomic E-state index is 12.2. The van der Waals surface area contributed by atoms with Crippen LogP contribution in [0.15, 0.2) is 18.2 Å². The summed E-state index contributed by atoms with van der Waals surface area (Å²) in [6, 6.07) is 4.63. The normalized spacial score (nSPS) is 11.6. The van der Waals surface area contributed by atoms with Crippen molar-refractivity contribution in [3.8, 4) is 0 Å². The number of amides is 1. The number of carbonyl (C=O) groups is 1. The van der Waals surface area contributed by atoms with E-state index in [1.165, 1.54) is 4.68 Å². The fourth-order valence-electron chi connectivity index (χ4n) is 2.60. The second-order valence-electron chi connectivity index (χ2n) is 6.36. The van der Waals surface area contributed by atoms with Gasteiger partial charge in [-0.15, -0.1) is 17.5 Å². The minimum absolute atomic E-state index is 0. The lowest BCUT2D eigenvalue weighted by Crippen LogP contribution is -2.29. The number of hydrogen-bond acceptors (Lipinski definition) is 8. The van der Waals surface area contributed by atoms with E-state index in [1.807, 2.05) is 0 Å². The van der Waals surface area contributed by atoms with Crippen LogP contribution >= 0.6 is 35.6 Å². The van der Waals surface area contributed by atoms with E-state index in [0.29, 0.717) is 28.7 Å². The highest BCUT2D eigenvalue weighted by Crippen LogP contribution is 2.20. The number of hydrogen-bond donors (Lipinski definition) is 4. The van der Waals surface area contributed by atoms with Crippen LogP contribution in [0, 0.1) is 0 Å². The molecule has 0 radical (unpaired) electrons. The van der Waals surface area contributed by atoms with E-state index in [-0.39, 0.29) is 38.0 Å². The molecule has 0 saturated heterocycles. The quantitative estimate of drug-likeness (QED) is 0.262. The molecule has 1 aromatic heterocycles. The van der Waals surface area contributed by atoms with Crippen LogP contribution in [0.3, 0.4) is 0 Å². The summed E-state index contributed by atoms with van der Waals surface area (Å²) in [6.45, 7) is 0.439. The first-order valence-corrected chi connectivity index (χ1v) is 9.82. The smallest absolute Gasteiger partial charge is 0.402 e. The average molecular weight is 482 g/mol. The largest absolute Gasteiger partial charge is 0.633 e. The lowest BCUT2D eigenvalue weighted by Gasteiger charge is -2.12. The number of nitrogens with one attached hydrogen (secondary N) is 1. The molecule has 14 heteroatoms. The second-order valence-corrected chi connectivity index (χ2v) is 7.20. The highest BCUT2D eigenvalue weighted by atomic mass is 35.5. The zero-order chi connectivity index (χ0) is 21.2. The van der Waals surface area contributed by atoms with E-state index in [4.69, 9.17) is 39.0 Å². The maximum Gasteiger partial charge on any atom is 0.633 e. The number of rotatable bonds is 12. The number of nitrogens with zero attached hydrogens (tertiary/aromatic N) is 4. The third kappa shape index (κ3) is 9.13. The van der Waals surface area contributed by atoms with Crippen molar-refractivity contribution in [2.24, 2.45) is 5.73 Å². The molecule has 0 bridgehead atoms. The molecule has 0 spiro atoms. The Morgan fingerprint density at radius 1 is 1.30 bits per heavy atom. The van der Waals surface area contributed by atoms with Crippen LogP contribution in [-0.2, 0) is 22.5 Å². The Balaban J connectivity index is 0.00000450. The molecular formula is C16H24BCl3N6O4. The van der Waals surface area contributed by atoms with Crippen molar-refractivity contribution < 1.29 is 19.5 Å². The number of halogens is 3. The number of unbranched alkanes of at least 4 members (excludes halogenated alkanes) is 2. The third-order valence-corrected chi connectivity index (χ3v) is 4.69. The summed E-state index contributed by atoms with van der Waals surface area (Å²) in [7, 11) is -1.75. The fourth-order valence-corrected chi connectivity index (χ4v) is 3.08. The SMILES string of the molecule is Cl.NC(CCCCCOB(O)O)c1nnnn1CC(=O)NCc1ccc(Cl)cc1Cl. The fraction of sp³-hybridized carbons (Fsp3) is 0.500. The van der Waals surface area contributed by atoms with Crippen molar-refractivity contribution in [1.82, 2.24) is 25.5 Å². The standard InChI is InChI=1S/C16H23BCl2N6O4.ClH/c18-12-6-5-11(13(19)8-12)9-21-15(26)10-25-16(22-23-24-25)14(20)4-2-1-3-7-29-17(27)28;/h5-6,8,14,27-28H,1-4,7,9-10,20H2,(H,21,26);1H. The molecule has 30 heavy (non-hydrogen) atoms. The summed E-state index contributed by atoms with van der Waals surface area (Å²) in [4.78, 5) is 12.2. The molecule has 10 nitrogen and oxygen atoms in total. The average Bonchev–Trinajstić information content (AvgIpc) is 3.11. The van der Waals surface area contributed by atoms with Crippen LogP contribution in [0.25, 0.3) is 0 Å². The van der Waals surface area contributed by atoms with Crippen LogP contribution in [0.4, 0.5) is 0 Å². The Morgan fingerprint density at radius 3 is 2.77 bits per heavy atom. The van der Waals surface area contributed by atoms with E-state index >= 15 is 0 Å². The van der Waals surface area contributed by atoms with Crippen LogP contribution in [-0.4, -0.2) is 50.1 Å². The minimum Gasteiger partial charge on any atom is -0.402 e. The predicted octanol–water partition coefficient (Wildman–Crippen LogP) is 1.26. The Kier molecular flexibility index (Phi) is 12.2. The molecule has 0 aliphatic heterocycles. The lowest BCUT2D eigenvalue weighted by molar-refractivity contribution is -0.122. The molecule has 0 saturated carbocycles. The van der Waals surface area contributed by atoms with Gasteiger partial charge in [0.25, 0.3) is 0 Å². The predicted molar refractivity (Wildman–Crippen MR) is 115 cm³/mol. The van der Waals surface area contributed by atoms with E-state index in [9.17, 15) is 4.79 Å². The third-order valence-electron chi connectivity index (χ3n) is 4.10. The number of aromatic nitrogens is 4. The molecule has 166 valence electrons. The molecule has 1 atom stereocenters. The molecule has 0 fully saturated rings. The summed E-state index contributed by atoms with van der Waals surface area (Å²) in [5.74, 6) is 0.142. The molecule has 2 aromatic rings.